The zero-order valence-electron chi connectivity index (χ0n) is 16.5. The van der Waals surface area contributed by atoms with Gasteiger partial charge in [-0.05, 0) is 23.6 Å². The Balaban J connectivity index is 1.70. The fraction of sp³-hybridized carbons (Fsp3) is 0.273. The van der Waals surface area contributed by atoms with Crippen LogP contribution in [0.4, 0.5) is 5.69 Å². The van der Waals surface area contributed by atoms with Gasteiger partial charge in [0.2, 0.25) is 5.91 Å². The van der Waals surface area contributed by atoms with Crippen molar-refractivity contribution in [2.75, 3.05) is 11.9 Å². The van der Waals surface area contributed by atoms with Gasteiger partial charge in [0.15, 0.2) is 5.69 Å². The molecule has 0 bridgehead atoms. The first kappa shape index (κ1) is 18.9. The lowest BCUT2D eigenvalue weighted by molar-refractivity contribution is -0.121. The summed E-state index contributed by atoms with van der Waals surface area (Å²) >= 11 is 0. The minimum atomic E-state index is -0.589. The van der Waals surface area contributed by atoms with Crippen LogP contribution in [-0.4, -0.2) is 39.9 Å². The van der Waals surface area contributed by atoms with Crippen molar-refractivity contribution in [2.45, 2.75) is 32.4 Å². The fourth-order valence-corrected chi connectivity index (χ4v) is 3.86. The number of rotatable bonds is 5. The van der Waals surface area contributed by atoms with Crippen LogP contribution in [0.25, 0.3) is 0 Å². The van der Waals surface area contributed by atoms with Gasteiger partial charge in [-0.15, -0.1) is 5.10 Å². The average molecular weight is 389 g/mol. The Bertz CT molecular complexity index is 1040. The first-order chi connectivity index (χ1) is 14.1. The number of hydrogen-bond acceptors (Lipinski definition) is 4. The van der Waals surface area contributed by atoms with E-state index in [1.807, 2.05) is 61.5 Å². The van der Waals surface area contributed by atoms with E-state index in [2.05, 4.69) is 15.6 Å². The maximum atomic E-state index is 13.5. The number of carbonyl (C=O) groups excluding carboxylic acids is 2. The molecule has 2 aromatic carbocycles. The predicted molar refractivity (Wildman–Crippen MR) is 110 cm³/mol. The Kier molecular flexibility index (Phi) is 5.12. The first-order valence-corrected chi connectivity index (χ1v) is 9.73. The number of nitrogens with one attached hydrogen (secondary N) is 1. The Morgan fingerprint density at radius 2 is 1.83 bits per heavy atom. The highest BCUT2D eigenvalue weighted by molar-refractivity contribution is 6.11. The lowest BCUT2D eigenvalue weighted by Crippen LogP contribution is -2.47. The van der Waals surface area contributed by atoms with Gasteiger partial charge < -0.3 is 5.32 Å². The molecule has 2 amide bonds. The van der Waals surface area contributed by atoms with Crippen LogP contribution in [0.5, 0.6) is 0 Å². The van der Waals surface area contributed by atoms with E-state index in [1.165, 1.54) is 0 Å². The molecule has 1 atom stereocenters. The van der Waals surface area contributed by atoms with Crippen molar-refractivity contribution in [3.63, 3.8) is 0 Å². The van der Waals surface area contributed by atoms with Gasteiger partial charge in [-0.2, -0.15) is 0 Å². The number of anilines is 1. The summed E-state index contributed by atoms with van der Waals surface area (Å²) < 4.78 is 1.76. The minimum absolute atomic E-state index is 0.190. The summed E-state index contributed by atoms with van der Waals surface area (Å²) in [5.74, 6) is -0.482. The van der Waals surface area contributed by atoms with E-state index in [9.17, 15) is 9.59 Å². The van der Waals surface area contributed by atoms with Crippen molar-refractivity contribution in [3.8, 4) is 0 Å². The van der Waals surface area contributed by atoms with Gasteiger partial charge in [0.05, 0.1) is 12.2 Å². The van der Waals surface area contributed by atoms with E-state index < -0.39 is 6.04 Å². The molecule has 1 N–H and O–H groups in total. The SMILES string of the molecule is CCc1c(C(=O)N2c3ccccc3CC2C(=O)NC)nnn1Cc1ccccc1. The van der Waals surface area contributed by atoms with Crippen molar-refractivity contribution < 1.29 is 9.59 Å². The molecule has 2 heterocycles. The number of para-hydroxylation sites is 1. The molecule has 0 saturated carbocycles. The molecular weight excluding hydrogens is 366 g/mol. The number of aromatic nitrogens is 3. The lowest BCUT2D eigenvalue weighted by Gasteiger charge is -2.23. The van der Waals surface area contributed by atoms with Crippen molar-refractivity contribution in [2.24, 2.45) is 0 Å². The number of amides is 2. The summed E-state index contributed by atoms with van der Waals surface area (Å²) in [7, 11) is 1.58. The first-order valence-electron chi connectivity index (χ1n) is 9.73. The van der Waals surface area contributed by atoms with E-state index in [0.29, 0.717) is 25.1 Å². The molecule has 148 valence electrons. The molecule has 3 aromatic rings. The molecule has 4 rings (SSSR count). The number of nitrogens with zero attached hydrogens (tertiary/aromatic N) is 4. The van der Waals surface area contributed by atoms with E-state index in [4.69, 9.17) is 0 Å². The third kappa shape index (κ3) is 3.40. The molecule has 7 nitrogen and oxygen atoms in total. The van der Waals surface area contributed by atoms with Gasteiger partial charge in [-0.3, -0.25) is 14.5 Å². The molecule has 0 saturated heterocycles. The van der Waals surface area contributed by atoms with Crippen molar-refractivity contribution in [3.05, 3.63) is 77.1 Å². The molecular formula is C22H23N5O2. The molecule has 0 spiro atoms. The summed E-state index contributed by atoms with van der Waals surface area (Å²) in [6, 6.07) is 17.0. The fourth-order valence-electron chi connectivity index (χ4n) is 3.86. The van der Waals surface area contributed by atoms with Gasteiger partial charge in [0.1, 0.15) is 6.04 Å². The van der Waals surface area contributed by atoms with E-state index in [-0.39, 0.29) is 11.8 Å². The minimum Gasteiger partial charge on any atom is -0.357 e. The predicted octanol–water partition coefficient (Wildman–Crippen LogP) is 2.21. The molecule has 7 heteroatoms. The van der Waals surface area contributed by atoms with Crippen LogP contribution < -0.4 is 10.2 Å². The highest BCUT2D eigenvalue weighted by Crippen LogP contribution is 2.33. The van der Waals surface area contributed by atoms with Crippen LogP contribution in [0.3, 0.4) is 0 Å². The number of carbonyl (C=O) groups is 2. The smallest absolute Gasteiger partial charge is 0.281 e. The van der Waals surface area contributed by atoms with E-state index in [0.717, 1.165) is 22.5 Å². The van der Waals surface area contributed by atoms with Gasteiger partial charge in [0, 0.05) is 19.2 Å². The average Bonchev–Trinajstić information content (AvgIpc) is 3.34. The van der Waals surface area contributed by atoms with Crippen molar-refractivity contribution >= 4 is 17.5 Å². The zero-order chi connectivity index (χ0) is 20.4. The van der Waals surface area contributed by atoms with Crippen LogP contribution >= 0.6 is 0 Å². The molecule has 1 aromatic heterocycles. The van der Waals surface area contributed by atoms with E-state index in [1.54, 1.807) is 16.6 Å². The van der Waals surface area contributed by atoms with Crippen molar-refractivity contribution in [1.29, 1.82) is 0 Å². The van der Waals surface area contributed by atoms with Gasteiger partial charge in [0.25, 0.3) is 5.91 Å². The molecule has 29 heavy (non-hydrogen) atoms. The highest BCUT2D eigenvalue weighted by Gasteiger charge is 2.40. The second-order valence-corrected chi connectivity index (χ2v) is 7.02. The van der Waals surface area contributed by atoms with Gasteiger partial charge in [-0.25, -0.2) is 4.68 Å². The summed E-state index contributed by atoms with van der Waals surface area (Å²) in [6.45, 7) is 2.52. The lowest BCUT2D eigenvalue weighted by atomic mass is 10.1. The number of hydrogen-bond donors (Lipinski definition) is 1. The summed E-state index contributed by atoms with van der Waals surface area (Å²) in [6.07, 6.45) is 1.10. The van der Waals surface area contributed by atoms with Gasteiger partial charge >= 0.3 is 0 Å². The summed E-state index contributed by atoms with van der Waals surface area (Å²) in [5, 5.41) is 11.1. The van der Waals surface area contributed by atoms with Crippen LogP contribution in [-0.2, 0) is 24.2 Å². The molecule has 0 radical (unpaired) electrons. The Morgan fingerprint density at radius 3 is 2.55 bits per heavy atom. The number of fused-ring (bicyclic) bond motifs is 1. The van der Waals surface area contributed by atoms with Crippen LogP contribution in [0, 0.1) is 0 Å². The third-order valence-electron chi connectivity index (χ3n) is 5.29. The second-order valence-electron chi connectivity index (χ2n) is 7.02. The molecule has 0 aliphatic carbocycles. The molecule has 1 unspecified atom stereocenters. The van der Waals surface area contributed by atoms with E-state index >= 15 is 0 Å². The number of likely N-dealkylation sites (N-methyl/N-ethyl adjacent to an activating group) is 1. The topological polar surface area (TPSA) is 80.1 Å². The maximum absolute atomic E-state index is 13.5. The normalized spacial score (nSPS) is 15.2. The maximum Gasteiger partial charge on any atom is 0.281 e. The molecule has 1 aliphatic heterocycles. The summed E-state index contributed by atoms with van der Waals surface area (Å²) in [4.78, 5) is 27.6. The molecule has 1 aliphatic rings. The monoisotopic (exact) mass is 389 g/mol. The zero-order valence-corrected chi connectivity index (χ0v) is 16.5. The second kappa shape index (κ2) is 7.87. The van der Waals surface area contributed by atoms with Crippen LogP contribution in [0.2, 0.25) is 0 Å². The Hall–Kier alpha value is -3.48. The largest absolute Gasteiger partial charge is 0.357 e. The van der Waals surface area contributed by atoms with Crippen LogP contribution in [0.15, 0.2) is 54.6 Å². The standard InChI is InChI=1S/C22H23N5O2/c1-3-17-20(24-25-26(17)14-15-9-5-4-6-10-15)22(29)27-18-12-8-7-11-16(18)13-19(27)21(28)23-2/h4-12,19H,3,13-14H2,1-2H3,(H,23,28). The Morgan fingerprint density at radius 1 is 1.10 bits per heavy atom. The highest BCUT2D eigenvalue weighted by atomic mass is 16.2. The van der Waals surface area contributed by atoms with Crippen LogP contribution in [0.1, 0.15) is 34.2 Å². The molecule has 0 fully saturated rings. The summed E-state index contributed by atoms with van der Waals surface area (Å²) in [5.41, 5.74) is 3.88. The quantitative estimate of drug-likeness (QED) is 0.726. The number of benzene rings is 2. The third-order valence-corrected chi connectivity index (χ3v) is 5.29. The van der Waals surface area contributed by atoms with Gasteiger partial charge in [-0.1, -0.05) is 60.7 Å². The Labute approximate surface area is 169 Å². The van der Waals surface area contributed by atoms with Crippen molar-refractivity contribution in [1.82, 2.24) is 20.3 Å².